The van der Waals surface area contributed by atoms with Crippen molar-refractivity contribution in [2.24, 2.45) is 0 Å². The number of urea groups is 1. The molecule has 1 atom stereocenters. The van der Waals surface area contributed by atoms with Gasteiger partial charge in [0.2, 0.25) is 0 Å². The van der Waals surface area contributed by atoms with Crippen LogP contribution in [-0.4, -0.2) is 89.1 Å². The van der Waals surface area contributed by atoms with Crippen LogP contribution in [0.25, 0.3) is 0 Å². The van der Waals surface area contributed by atoms with E-state index in [1.165, 1.54) is 5.56 Å². The largest absolute Gasteiger partial charge is 0.383 e. The molecule has 0 aliphatic carbocycles. The van der Waals surface area contributed by atoms with Crippen molar-refractivity contribution in [1.29, 1.82) is 0 Å². The number of carbonyl (C=O) groups excluding carboxylic acids is 1. The van der Waals surface area contributed by atoms with Crippen molar-refractivity contribution < 1.29 is 14.3 Å². The summed E-state index contributed by atoms with van der Waals surface area (Å²) in [6.07, 6.45) is 1.75. The smallest absolute Gasteiger partial charge is 0.321 e. The number of nitrogens with zero attached hydrogens (tertiary/aromatic N) is 6. The average molecular weight is 444 g/mol. The van der Waals surface area contributed by atoms with Crippen molar-refractivity contribution in [3.8, 4) is 0 Å². The minimum absolute atomic E-state index is 0.0924. The standard InChI is InChI=1S/C22H33N7O3/c1-17-5-6-19(18(2)15-17)23-21(30)27-8-4-7-22(16-27,28-9-13-32-14-10-28)20-24-25-26-29(20)11-12-31-3/h5-6,15H,4,7-14,16H2,1-3H3,(H,23,30). The number of methoxy groups -OCH3 is 1. The van der Waals surface area contributed by atoms with Crippen LogP contribution in [0.3, 0.4) is 0 Å². The van der Waals surface area contributed by atoms with Gasteiger partial charge >= 0.3 is 6.03 Å². The third-order valence-corrected chi connectivity index (χ3v) is 6.45. The zero-order valence-corrected chi connectivity index (χ0v) is 19.2. The van der Waals surface area contributed by atoms with E-state index in [4.69, 9.17) is 9.47 Å². The lowest BCUT2D eigenvalue weighted by molar-refractivity contribution is -0.0547. The van der Waals surface area contributed by atoms with Gasteiger partial charge in [-0.25, -0.2) is 9.48 Å². The molecule has 4 rings (SSSR count). The van der Waals surface area contributed by atoms with Gasteiger partial charge in [-0.05, 0) is 48.7 Å². The number of aryl methyl sites for hydroxylation is 2. The number of hydrogen-bond donors (Lipinski definition) is 1. The van der Waals surface area contributed by atoms with Gasteiger partial charge in [-0.2, -0.15) is 0 Å². The van der Waals surface area contributed by atoms with Crippen LogP contribution in [-0.2, 0) is 21.6 Å². The van der Waals surface area contributed by atoms with Crippen LogP contribution in [0.15, 0.2) is 18.2 Å². The van der Waals surface area contributed by atoms with Crippen LogP contribution in [0.5, 0.6) is 0 Å². The second-order valence-corrected chi connectivity index (χ2v) is 8.62. The number of carbonyl (C=O) groups is 1. The van der Waals surface area contributed by atoms with E-state index in [1.54, 1.807) is 7.11 Å². The Hall–Kier alpha value is -2.56. The van der Waals surface area contributed by atoms with Gasteiger partial charge in [0.1, 0.15) is 5.54 Å². The van der Waals surface area contributed by atoms with Gasteiger partial charge in [-0.1, -0.05) is 17.7 Å². The fourth-order valence-electron chi connectivity index (χ4n) is 4.80. The maximum atomic E-state index is 13.3. The van der Waals surface area contributed by atoms with E-state index in [9.17, 15) is 4.79 Å². The number of anilines is 1. The van der Waals surface area contributed by atoms with Crippen molar-refractivity contribution in [2.75, 3.05) is 58.4 Å². The molecule has 10 heteroatoms. The zero-order valence-electron chi connectivity index (χ0n) is 19.2. The summed E-state index contributed by atoms with van der Waals surface area (Å²) in [4.78, 5) is 17.6. The minimum Gasteiger partial charge on any atom is -0.383 e. The Morgan fingerprint density at radius 2 is 2.06 bits per heavy atom. The van der Waals surface area contributed by atoms with Gasteiger partial charge in [-0.3, -0.25) is 4.90 Å². The molecule has 1 aromatic heterocycles. The molecule has 174 valence electrons. The lowest BCUT2D eigenvalue weighted by atomic mass is 9.85. The molecule has 3 heterocycles. The summed E-state index contributed by atoms with van der Waals surface area (Å²) in [5, 5.41) is 15.8. The number of amides is 2. The second-order valence-electron chi connectivity index (χ2n) is 8.62. The summed E-state index contributed by atoms with van der Waals surface area (Å²) in [7, 11) is 1.67. The molecule has 1 N–H and O–H groups in total. The van der Waals surface area contributed by atoms with Gasteiger partial charge in [0, 0.05) is 39.0 Å². The first-order chi connectivity index (χ1) is 15.5. The van der Waals surface area contributed by atoms with Crippen molar-refractivity contribution >= 4 is 11.7 Å². The molecular weight excluding hydrogens is 410 g/mol. The number of piperidine rings is 1. The highest BCUT2D eigenvalue weighted by Crippen LogP contribution is 2.37. The van der Waals surface area contributed by atoms with Crippen LogP contribution < -0.4 is 5.32 Å². The molecule has 2 amide bonds. The fourth-order valence-corrected chi connectivity index (χ4v) is 4.80. The molecule has 0 bridgehead atoms. The molecular formula is C22H33N7O3. The Morgan fingerprint density at radius 3 is 2.81 bits per heavy atom. The van der Waals surface area contributed by atoms with E-state index in [2.05, 4.69) is 31.8 Å². The molecule has 1 unspecified atom stereocenters. The second kappa shape index (κ2) is 9.93. The van der Waals surface area contributed by atoms with Gasteiger partial charge < -0.3 is 19.7 Å². The molecule has 2 saturated heterocycles. The summed E-state index contributed by atoms with van der Waals surface area (Å²) >= 11 is 0. The highest BCUT2D eigenvalue weighted by molar-refractivity contribution is 5.90. The third-order valence-electron chi connectivity index (χ3n) is 6.45. The quantitative estimate of drug-likeness (QED) is 0.727. The number of ether oxygens (including phenoxy) is 2. The third kappa shape index (κ3) is 4.62. The highest BCUT2D eigenvalue weighted by Gasteiger charge is 2.47. The maximum Gasteiger partial charge on any atom is 0.321 e. The number of likely N-dealkylation sites (tertiary alicyclic amines) is 1. The van der Waals surface area contributed by atoms with E-state index < -0.39 is 5.54 Å². The number of morpholine rings is 1. The van der Waals surface area contributed by atoms with Gasteiger partial charge in [-0.15, -0.1) is 5.10 Å². The number of nitrogens with one attached hydrogen (secondary N) is 1. The van der Waals surface area contributed by atoms with Gasteiger partial charge in [0.25, 0.3) is 0 Å². The molecule has 0 radical (unpaired) electrons. The molecule has 2 fully saturated rings. The maximum absolute atomic E-state index is 13.3. The average Bonchev–Trinajstić information content (AvgIpc) is 3.29. The SMILES string of the molecule is COCCn1nnnc1C1(N2CCOCC2)CCCN(C(=O)Nc2ccc(C)cc2C)C1. The monoisotopic (exact) mass is 443 g/mol. The van der Waals surface area contributed by atoms with Crippen molar-refractivity contribution in [1.82, 2.24) is 30.0 Å². The summed E-state index contributed by atoms with van der Waals surface area (Å²) in [5.41, 5.74) is 2.61. The van der Waals surface area contributed by atoms with Crippen LogP contribution in [0.4, 0.5) is 10.5 Å². The van der Waals surface area contributed by atoms with Crippen LogP contribution in [0.2, 0.25) is 0 Å². The van der Waals surface area contributed by atoms with E-state index >= 15 is 0 Å². The zero-order chi connectivity index (χ0) is 22.6. The molecule has 0 spiro atoms. The van der Waals surface area contributed by atoms with Crippen molar-refractivity contribution in [2.45, 2.75) is 38.8 Å². The Bertz CT molecular complexity index is 928. The van der Waals surface area contributed by atoms with E-state index in [1.807, 2.05) is 35.6 Å². The first kappa shape index (κ1) is 22.6. The Balaban J connectivity index is 1.61. The molecule has 2 aliphatic heterocycles. The molecule has 10 nitrogen and oxygen atoms in total. The summed E-state index contributed by atoms with van der Waals surface area (Å²) in [5.74, 6) is 0.792. The molecule has 2 aromatic rings. The molecule has 32 heavy (non-hydrogen) atoms. The van der Waals surface area contributed by atoms with E-state index in [0.29, 0.717) is 39.5 Å². The lowest BCUT2D eigenvalue weighted by Gasteiger charge is -2.49. The Kier molecular flexibility index (Phi) is 7.02. The highest BCUT2D eigenvalue weighted by atomic mass is 16.5. The fraction of sp³-hybridized carbons (Fsp3) is 0.636. The normalized spacial score (nSPS) is 22.2. The Morgan fingerprint density at radius 1 is 1.25 bits per heavy atom. The summed E-state index contributed by atoms with van der Waals surface area (Å²) in [6.45, 7) is 9.27. The Labute approximate surface area is 188 Å². The van der Waals surface area contributed by atoms with Crippen molar-refractivity contribution in [3.05, 3.63) is 35.2 Å². The van der Waals surface area contributed by atoms with Gasteiger partial charge in [0.05, 0.1) is 26.4 Å². The summed E-state index contributed by atoms with van der Waals surface area (Å²) < 4.78 is 12.7. The topological polar surface area (TPSA) is 97.6 Å². The number of aromatic nitrogens is 4. The number of hydrogen-bond acceptors (Lipinski definition) is 7. The number of rotatable bonds is 6. The minimum atomic E-state index is -0.459. The molecule has 2 aliphatic rings. The van der Waals surface area contributed by atoms with Crippen LogP contribution in [0, 0.1) is 13.8 Å². The predicted octanol–water partition coefficient (Wildman–Crippen LogP) is 1.79. The summed E-state index contributed by atoms with van der Waals surface area (Å²) in [6, 6.07) is 5.96. The molecule has 1 aromatic carbocycles. The van der Waals surface area contributed by atoms with E-state index in [-0.39, 0.29) is 6.03 Å². The van der Waals surface area contributed by atoms with Crippen LogP contribution >= 0.6 is 0 Å². The first-order valence-corrected chi connectivity index (χ1v) is 11.2. The number of benzene rings is 1. The van der Waals surface area contributed by atoms with Crippen LogP contribution in [0.1, 0.15) is 29.8 Å². The number of tetrazole rings is 1. The first-order valence-electron chi connectivity index (χ1n) is 11.2. The van der Waals surface area contributed by atoms with E-state index in [0.717, 1.165) is 43.0 Å². The molecule has 0 saturated carbocycles. The lowest BCUT2D eigenvalue weighted by Crippen LogP contribution is -2.61. The van der Waals surface area contributed by atoms with Crippen molar-refractivity contribution in [3.63, 3.8) is 0 Å². The van der Waals surface area contributed by atoms with Gasteiger partial charge in [0.15, 0.2) is 5.82 Å². The predicted molar refractivity (Wildman–Crippen MR) is 120 cm³/mol.